The SMILES string of the molecule is CC(=O)NNC(=O)CN(C)CC(=O)Nc1ccc(F)cc1. The minimum absolute atomic E-state index is 0.0229. The summed E-state index contributed by atoms with van der Waals surface area (Å²) in [6.45, 7) is 1.18. The van der Waals surface area contributed by atoms with Gasteiger partial charge in [0.15, 0.2) is 0 Å². The maximum Gasteiger partial charge on any atom is 0.252 e. The van der Waals surface area contributed by atoms with Crippen LogP contribution in [0.25, 0.3) is 0 Å². The fraction of sp³-hybridized carbons (Fsp3) is 0.308. The van der Waals surface area contributed by atoms with Crippen molar-refractivity contribution in [3.05, 3.63) is 30.1 Å². The van der Waals surface area contributed by atoms with Crippen LogP contribution in [0.5, 0.6) is 0 Å². The van der Waals surface area contributed by atoms with Crippen LogP contribution in [0.1, 0.15) is 6.92 Å². The second-order valence-corrected chi connectivity index (χ2v) is 4.46. The first kappa shape index (κ1) is 16.6. The molecule has 3 N–H and O–H groups in total. The molecule has 0 atom stereocenters. The molecule has 1 aromatic rings. The normalized spacial score (nSPS) is 10.1. The number of likely N-dealkylation sites (N-methyl/N-ethyl adjacent to an activating group) is 1. The minimum atomic E-state index is -0.442. The van der Waals surface area contributed by atoms with Crippen molar-refractivity contribution in [2.24, 2.45) is 0 Å². The summed E-state index contributed by atoms with van der Waals surface area (Å²) in [5.41, 5.74) is 4.81. The summed E-state index contributed by atoms with van der Waals surface area (Å²) in [5, 5.41) is 2.57. The molecule has 0 spiro atoms. The van der Waals surface area contributed by atoms with Gasteiger partial charge in [0.1, 0.15) is 5.82 Å². The van der Waals surface area contributed by atoms with Crippen LogP contribution < -0.4 is 16.2 Å². The first-order chi connectivity index (χ1) is 9.86. The molecule has 21 heavy (non-hydrogen) atoms. The second-order valence-electron chi connectivity index (χ2n) is 4.46. The Bertz CT molecular complexity index is 519. The van der Waals surface area contributed by atoms with E-state index in [2.05, 4.69) is 16.2 Å². The summed E-state index contributed by atoms with van der Waals surface area (Å²) in [7, 11) is 1.58. The summed E-state index contributed by atoms with van der Waals surface area (Å²) in [6.07, 6.45) is 0. The average Bonchev–Trinajstić information content (AvgIpc) is 2.38. The molecule has 0 heterocycles. The zero-order chi connectivity index (χ0) is 15.8. The van der Waals surface area contributed by atoms with E-state index in [9.17, 15) is 18.8 Å². The molecule has 114 valence electrons. The van der Waals surface area contributed by atoms with E-state index >= 15 is 0 Å². The van der Waals surface area contributed by atoms with Crippen LogP contribution in [0, 0.1) is 5.82 Å². The first-order valence-corrected chi connectivity index (χ1v) is 6.16. The van der Waals surface area contributed by atoms with Gasteiger partial charge >= 0.3 is 0 Å². The third-order valence-corrected chi connectivity index (χ3v) is 2.33. The molecular weight excluding hydrogens is 279 g/mol. The number of nitrogens with one attached hydrogen (secondary N) is 3. The number of anilines is 1. The predicted octanol–water partition coefficient (Wildman–Crippen LogP) is -0.137. The van der Waals surface area contributed by atoms with Crippen molar-refractivity contribution in [2.75, 3.05) is 25.5 Å². The summed E-state index contributed by atoms with van der Waals surface area (Å²) in [4.78, 5) is 35.2. The van der Waals surface area contributed by atoms with Gasteiger partial charge in [0, 0.05) is 12.6 Å². The van der Waals surface area contributed by atoms with E-state index in [0.29, 0.717) is 5.69 Å². The first-order valence-electron chi connectivity index (χ1n) is 6.16. The molecule has 3 amide bonds. The number of hydrogen-bond donors (Lipinski definition) is 3. The molecule has 0 aliphatic rings. The van der Waals surface area contributed by atoms with Gasteiger partial charge in [0.2, 0.25) is 11.8 Å². The van der Waals surface area contributed by atoms with E-state index in [1.807, 2.05) is 0 Å². The predicted molar refractivity (Wildman–Crippen MR) is 74.5 cm³/mol. The van der Waals surface area contributed by atoms with Crippen molar-refractivity contribution in [3.63, 3.8) is 0 Å². The Balaban J connectivity index is 2.34. The number of benzene rings is 1. The van der Waals surface area contributed by atoms with Gasteiger partial charge in [0.05, 0.1) is 13.1 Å². The molecule has 0 aliphatic carbocycles. The quantitative estimate of drug-likeness (QED) is 0.660. The van der Waals surface area contributed by atoms with E-state index in [1.54, 1.807) is 7.05 Å². The zero-order valence-corrected chi connectivity index (χ0v) is 11.8. The number of rotatable bonds is 5. The maximum absolute atomic E-state index is 12.7. The third-order valence-electron chi connectivity index (χ3n) is 2.33. The summed E-state index contributed by atoms with van der Waals surface area (Å²) >= 11 is 0. The molecule has 0 fully saturated rings. The highest BCUT2D eigenvalue weighted by atomic mass is 19.1. The van der Waals surface area contributed by atoms with Gasteiger partial charge in [-0.25, -0.2) is 4.39 Å². The van der Waals surface area contributed by atoms with Gasteiger partial charge in [-0.1, -0.05) is 0 Å². The van der Waals surface area contributed by atoms with Crippen LogP contribution in [-0.4, -0.2) is 42.8 Å². The highest BCUT2D eigenvalue weighted by Gasteiger charge is 2.11. The Kier molecular flexibility index (Phi) is 6.28. The average molecular weight is 296 g/mol. The van der Waals surface area contributed by atoms with Crippen LogP contribution in [0.3, 0.4) is 0 Å². The van der Waals surface area contributed by atoms with E-state index in [1.165, 1.54) is 36.1 Å². The van der Waals surface area contributed by atoms with E-state index in [4.69, 9.17) is 0 Å². The number of nitrogens with zero attached hydrogens (tertiary/aromatic N) is 1. The lowest BCUT2D eigenvalue weighted by Crippen LogP contribution is -2.46. The van der Waals surface area contributed by atoms with Gasteiger partial charge in [-0.3, -0.25) is 30.1 Å². The molecule has 0 aromatic heterocycles. The lowest BCUT2D eigenvalue weighted by Gasteiger charge is -2.16. The number of hydrazine groups is 1. The highest BCUT2D eigenvalue weighted by Crippen LogP contribution is 2.07. The molecule has 0 saturated heterocycles. The smallest absolute Gasteiger partial charge is 0.252 e. The summed E-state index contributed by atoms with van der Waals surface area (Å²) in [5.74, 6) is -1.56. The Morgan fingerprint density at radius 1 is 1.05 bits per heavy atom. The Labute approximate surface area is 121 Å². The van der Waals surface area contributed by atoms with Gasteiger partial charge in [0.25, 0.3) is 5.91 Å². The number of halogens is 1. The molecule has 7 nitrogen and oxygen atoms in total. The molecule has 8 heteroatoms. The largest absolute Gasteiger partial charge is 0.325 e. The Hall–Kier alpha value is -2.48. The monoisotopic (exact) mass is 296 g/mol. The fourth-order valence-corrected chi connectivity index (χ4v) is 1.48. The lowest BCUT2D eigenvalue weighted by atomic mass is 10.3. The number of amides is 3. The Morgan fingerprint density at radius 3 is 2.19 bits per heavy atom. The molecule has 0 bridgehead atoms. The van der Waals surface area contributed by atoms with Crippen molar-refractivity contribution >= 4 is 23.4 Å². The molecule has 0 saturated carbocycles. The van der Waals surface area contributed by atoms with E-state index in [0.717, 1.165) is 0 Å². The van der Waals surface area contributed by atoms with Gasteiger partial charge in [-0.15, -0.1) is 0 Å². The van der Waals surface area contributed by atoms with Crippen LogP contribution in [0.4, 0.5) is 10.1 Å². The molecule has 0 unspecified atom stereocenters. The number of carbonyl (C=O) groups is 3. The summed E-state index contributed by atoms with van der Waals surface area (Å²) in [6, 6.07) is 5.36. The Morgan fingerprint density at radius 2 is 1.62 bits per heavy atom. The van der Waals surface area contributed by atoms with Crippen LogP contribution in [0.2, 0.25) is 0 Å². The topological polar surface area (TPSA) is 90.5 Å². The van der Waals surface area contributed by atoms with Crippen molar-refractivity contribution < 1.29 is 18.8 Å². The van der Waals surface area contributed by atoms with Gasteiger partial charge < -0.3 is 5.32 Å². The second kappa shape index (κ2) is 7.95. The zero-order valence-electron chi connectivity index (χ0n) is 11.8. The van der Waals surface area contributed by atoms with Gasteiger partial charge in [-0.2, -0.15) is 0 Å². The van der Waals surface area contributed by atoms with E-state index in [-0.39, 0.29) is 30.7 Å². The fourth-order valence-electron chi connectivity index (χ4n) is 1.48. The molecule has 0 radical (unpaired) electrons. The molecule has 0 aliphatic heterocycles. The third kappa shape index (κ3) is 7.02. The summed E-state index contributed by atoms with van der Waals surface area (Å²) < 4.78 is 12.7. The van der Waals surface area contributed by atoms with Crippen LogP contribution >= 0.6 is 0 Å². The molecule has 1 aromatic carbocycles. The van der Waals surface area contributed by atoms with Crippen molar-refractivity contribution in [1.82, 2.24) is 15.8 Å². The van der Waals surface area contributed by atoms with Crippen molar-refractivity contribution in [2.45, 2.75) is 6.92 Å². The lowest BCUT2D eigenvalue weighted by molar-refractivity contribution is -0.128. The minimum Gasteiger partial charge on any atom is -0.325 e. The molecular formula is C13H17FN4O3. The van der Waals surface area contributed by atoms with E-state index < -0.39 is 5.91 Å². The number of carbonyl (C=O) groups excluding carboxylic acids is 3. The van der Waals surface area contributed by atoms with Crippen molar-refractivity contribution in [3.8, 4) is 0 Å². The van der Waals surface area contributed by atoms with Gasteiger partial charge in [-0.05, 0) is 31.3 Å². The number of hydrogen-bond acceptors (Lipinski definition) is 4. The molecule has 1 rings (SSSR count). The maximum atomic E-state index is 12.7. The van der Waals surface area contributed by atoms with Crippen molar-refractivity contribution in [1.29, 1.82) is 0 Å². The standard InChI is InChI=1S/C13H17FN4O3/c1-9(19)16-17-13(21)8-18(2)7-12(20)15-11-5-3-10(14)4-6-11/h3-6H,7-8H2,1-2H3,(H,15,20)(H,16,19)(H,17,21). The van der Waals surface area contributed by atoms with Crippen LogP contribution in [0.15, 0.2) is 24.3 Å². The highest BCUT2D eigenvalue weighted by molar-refractivity contribution is 5.92. The van der Waals surface area contributed by atoms with Crippen LogP contribution in [-0.2, 0) is 14.4 Å².